The van der Waals surface area contributed by atoms with Crippen LogP contribution in [0.5, 0.6) is 0 Å². The topological polar surface area (TPSA) is 44.8 Å². The van der Waals surface area contributed by atoms with Crippen LogP contribution in [0.1, 0.15) is 19.3 Å². The average Bonchev–Trinajstić information content (AvgIpc) is 2.92. The molecule has 0 bridgehead atoms. The molecule has 1 N–H and O–H groups in total. The van der Waals surface area contributed by atoms with E-state index >= 15 is 0 Å². The zero-order valence-corrected chi connectivity index (χ0v) is 13.8. The molecule has 2 heterocycles. The molecule has 5 nitrogen and oxygen atoms in total. The highest BCUT2D eigenvalue weighted by Gasteiger charge is 2.24. The third-order valence-electron chi connectivity index (χ3n) is 3.75. The van der Waals surface area contributed by atoms with Gasteiger partial charge in [0.1, 0.15) is 6.10 Å². The Kier molecular flexibility index (Phi) is 10.6. The predicted octanol–water partition coefficient (Wildman–Crippen LogP) is 0.763. The van der Waals surface area contributed by atoms with Gasteiger partial charge < -0.3 is 19.9 Å². The van der Waals surface area contributed by atoms with Crippen LogP contribution >= 0.6 is 24.8 Å². The third kappa shape index (κ3) is 6.14. The fourth-order valence-corrected chi connectivity index (χ4v) is 2.62. The highest BCUT2D eigenvalue weighted by atomic mass is 35.5. The van der Waals surface area contributed by atoms with Crippen LogP contribution in [-0.2, 0) is 9.53 Å². The molecule has 2 aliphatic heterocycles. The van der Waals surface area contributed by atoms with Crippen molar-refractivity contribution >= 4 is 30.7 Å². The number of rotatable bonds is 5. The molecule has 0 aromatic carbocycles. The van der Waals surface area contributed by atoms with E-state index in [1.165, 1.54) is 25.9 Å². The van der Waals surface area contributed by atoms with Gasteiger partial charge in [-0.25, -0.2) is 0 Å². The van der Waals surface area contributed by atoms with Crippen molar-refractivity contribution in [1.29, 1.82) is 0 Å². The Labute approximate surface area is 134 Å². The van der Waals surface area contributed by atoms with Crippen LogP contribution in [0, 0.1) is 0 Å². The molecular weight excluding hydrogens is 301 g/mol. The lowest BCUT2D eigenvalue weighted by Gasteiger charge is -2.27. The summed E-state index contributed by atoms with van der Waals surface area (Å²) >= 11 is 0. The van der Waals surface area contributed by atoms with Crippen molar-refractivity contribution in [2.75, 3.05) is 52.9 Å². The van der Waals surface area contributed by atoms with Gasteiger partial charge in [-0.1, -0.05) is 0 Å². The summed E-state index contributed by atoms with van der Waals surface area (Å²) in [5.74, 6) is 0.114. The van der Waals surface area contributed by atoms with Gasteiger partial charge >= 0.3 is 0 Å². The summed E-state index contributed by atoms with van der Waals surface area (Å²) in [6, 6.07) is 0. The fourth-order valence-electron chi connectivity index (χ4n) is 2.62. The number of morpholine rings is 1. The quantitative estimate of drug-likeness (QED) is 0.809. The molecule has 7 heteroatoms. The molecule has 0 aromatic rings. The molecule has 20 heavy (non-hydrogen) atoms. The lowest BCUT2D eigenvalue weighted by atomic mass is 10.2. The van der Waals surface area contributed by atoms with Crippen molar-refractivity contribution in [3.8, 4) is 0 Å². The number of ether oxygens (including phenoxy) is 1. The van der Waals surface area contributed by atoms with Crippen LogP contribution < -0.4 is 5.32 Å². The van der Waals surface area contributed by atoms with Crippen molar-refractivity contribution in [2.24, 2.45) is 0 Å². The Morgan fingerprint density at radius 1 is 1.35 bits per heavy atom. The molecule has 0 aromatic heterocycles. The van der Waals surface area contributed by atoms with Crippen LogP contribution in [0.4, 0.5) is 0 Å². The lowest BCUT2D eigenvalue weighted by Crippen LogP contribution is -2.48. The Bertz CT molecular complexity index is 270. The Morgan fingerprint density at radius 2 is 2.05 bits per heavy atom. The number of likely N-dealkylation sites (N-methyl/N-ethyl adjacent to an activating group) is 1. The summed E-state index contributed by atoms with van der Waals surface area (Å²) in [6.07, 6.45) is 3.44. The minimum atomic E-state index is -0.282. The predicted molar refractivity (Wildman–Crippen MR) is 85.0 cm³/mol. The molecule has 1 atom stereocenters. The number of hydrogen-bond acceptors (Lipinski definition) is 4. The number of hydrogen-bond donors (Lipinski definition) is 1. The highest BCUT2D eigenvalue weighted by molar-refractivity contribution is 5.85. The van der Waals surface area contributed by atoms with E-state index in [0.717, 1.165) is 26.1 Å². The molecular formula is C13H27Cl2N3O2. The first-order valence-corrected chi connectivity index (χ1v) is 7.07. The normalized spacial score (nSPS) is 22.8. The first-order valence-electron chi connectivity index (χ1n) is 7.07. The lowest BCUT2D eigenvalue weighted by molar-refractivity contribution is -0.143. The van der Waals surface area contributed by atoms with Crippen molar-refractivity contribution < 1.29 is 9.53 Å². The second kappa shape index (κ2) is 10.6. The second-order valence-electron chi connectivity index (χ2n) is 5.23. The van der Waals surface area contributed by atoms with Crippen LogP contribution in [-0.4, -0.2) is 74.7 Å². The standard InChI is InChI=1S/C13H25N3O2.2ClH/c1-15(6-4-9-16-7-2-3-8-16)13(17)12-11-14-5-10-18-12;;/h12,14H,2-11H2,1H3;2*1H. The number of likely N-dealkylation sites (tertiary alicyclic amines) is 1. The summed E-state index contributed by atoms with van der Waals surface area (Å²) in [4.78, 5) is 16.4. The van der Waals surface area contributed by atoms with Crippen LogP contribution in [0.3, 0.4) is 0 Å². The highest BCUT2D eigenvalue weighted by Crippen LogP contribution is 2.08. The monoisotopic (exact) mass is 327 g/mol. The van der Waals surface area contributed by atoms with E-state index in [0.29, 0.717) is 13.2 Å². The van der Waals surface area contributed by atoms with Crippen molar-refractivity contribution in [3.05, 3.63) is 0 Å². The maximum Gasteiger partial charge on any atom is 0.252 e. The summed E-state index contributed by atoms with van der Waals surface area (Å²) in [5.41, 5.74) is 0. The summed E-state index contributed by atoms with van der Waals surface area (Å²) in [5, 5.41) is 3.19. The van der Waals surface area contributed by atoms with Gasteiger partial charge in [0.15, 0.2) is 0 Å². The van der Waals surface area contributed by atoms with E-state index in [4.69, 9.17) is 4.74 Å². The van der Waals surface area contributed by atoms with Crippen LogP contribution in [0.15, 0.2) is 0 Å². The maximum atomic E-state index is 12.1. The fraction of sp³-hybridized carbons (Fsp3) is 0.923. The molecule has 0 saturated carbocycles. The molecule has 120 valence electrons. The van der Waals surface area contributed by atoms with E-state index in [1.54, 1.807) is 0 Å². The Balaban J connectivity index is 0.00000180. The summed E-state index contributed by atoms with van der Waals surface area (Å²) in [6.45, 7) is 6.53. The van der Waals surface area contributed by atoms with E-state index in [2.05, 4.69) is 10.2 Å². The second-order valence-corrected chi connectivity index (χ2v) is 5.23. The van der Waals surface area contributed by atoms with Crippen molar-refractivity contribution in [2.45, 2.75) is 25.4 Å². The van der Waals surface area contributed by atoms with Gasteiger partial charge in [0.05, 0.1) is 6.61 Å². The molecule has 2 fully saturated rings. The van der Waals surface area contributed by atoms with Gasteiger partial charge in [0, 0.05) is 26.7 Å². The summed E-state index contributed by atoms with van der Waals surface area (Å²) < 4.78 is 5.48. The van der Waals surface area contributed by atoms with E-state index in [9.17, 15) is 4.79 Å². The van der Waals surface area contributed by atoms with Crippen molar-refractivity contribution in [1.82, 2.24) is 15.1 Å². The SMILES string of the molecule is CN(CCCN1CCCC1)C(=O)C1CNCCO1.Cl.Cl. The van der Waals surface area contributed by atoms with Gasteiger partial charge in [-0.3, -0.25) is 4.79 Å². The van der Waals surface area contributed by atoms with Crippen molar-refractivity contribution in [3.63, 3.8) is 0 Å². The number of nitrogens with one attached hydrogen (secondary N) is 1. The molecule has 2 saturated heterocycles. The van der Waals surface area contributed by atoms with E-state index in [-0.39, 0.29) is 36.8 Å². The van der Waals surface area contributed by atoms with Gasteiger partial charge in [-0.15, -0.1) is 24.8 Å². The van der Waals surface area contributed by atoms with E-state index in [1.807, 2.05) is 11.9 Å². The largest absolute Gasteiger partial charge is 0.366 e. The molecule has 1 amide bonds. The molecule has 0 radical (unpaired) electrons. The molecule has 1 unspecified atom stereocenters. The zero-order valence-electron chi connectivity index (χ0n) is 12.2. The molecule has 2 aliphatic rings. The zero-order chi connectivity index (χ0) is 12.8. The Morgan fingerprint density at radius 3 is 2.65 bits per heavy atom. The van der Waals surface area contributed by atoms with Gasteiger partial charge in [-0.05, 0) is 38.9 Å². The number of carbonyl (C=O) groups is 1. The van der Waals surface area contributed by atoms with Gasteiger partial charge in [0.2, 0.25) is 0 Å². The number of amides is 1. The average molecular weight is 328 g/mol. The molecule has 0 aliphatic carbocycles. The third-order valence-corrected chi connectivity index (χ3v) is 3.75. The maximum absolute atomic E-state index is 12.1. The number of halogens is 2. The molecule has 0 spiro atoms. The summed E-state index contributed by atoms with van der Waals surface area (Å²) in [7, 11) is 1.88. The first kappa shape index (κ1) is 19.9. The smallest absolute Gasteiger partial charge is 0.252 e. The molecule has 2 rings (SSSR count). The Hall–Kier alpha value is -0.0700. The van der Waals surface area contributed by atoms with Gasteiger partial charge in [0.25, 0.3) is 5.91 Å². The number of nitrogens with zero attached hydrogens (tertiary/aromatic N) is 2. The minimum absolute atomic E-state index is 0. The van der Waals surface area contributed by atoms with Crippen LogP contribution in [0.2, 0.25) is 0 Å². The van der Waals surface area contributed by atoms with Crippen LogP contribution in [0.25, 0.3) is 0 Å². The van der Waals surface area contributed by atoms with Gasteiger partial charge in [-0.2, -0.15) is 0 Å². The minimum Gasteiger partial charge on any atom is -0.366 e. The van der Waals surface area contributed by atoms with E-state index < -0.39 is 0 Å². The number of carbonyl (C=O) groups excluding carboxylic acids is 1. The first-order chi connectivity index (χ1) is 8.77.